The van der Waals surface area contributed by atoms with E-state index in [0.29, 0.717) is 17.3 Å². The molecule has 0 unspecified atom stereocenters. The average molecular weight is 357 g/mol. The molecule has 0 spiro atoms. The van der Waals surface area contributed by atoms with Crippen LogP contribution in [0.5, 0.6) is 0 Å². The second-order valence-electron chi connectivity index (χ2n) is 6.66. The average Bonchev–Trinajstić information content (AvgIpc) is 3.22. The Bertz CT molecular complexity index is 739. The van der Waals surface area contributed by atoms with Crippen LogP contribution in [0.1, 0.15) is 48.0 Å². The zero-order valence-corrected chi connectivity index (χ0v) is 15.2. The lowest BCUT2D eigenvalue weighted by molar-refractivity contribution is 0.0951. The number of hydrogen-bond donors (Lipinski definition) is 3. The number of benzene rings is 1. The second-order valence-corrected chi connectivity index (χ2v) is 7.64. The monoisotopic (exact) mass is 357 g/mol. The summed E-state index contributed by atoms with van der Waals surface area (Å²) in [6.45, 7) is 4.15. The minimum absolute atomic E-state index is 0.0404. The minimum atomic E-state index is -0.271. The molecule has 1 aromatic carbocycles. The molecule has 132 valence electrons. The number of urea groups is 1. The number of anilines is 1. The molecule has 25 heavy (non-hydrogen) atoms. The molecule has 0 aliphatic heterocycles. The summed E-state index contributed by atoms with van der Waals surface area (Å²) in [5.74, 6) is 0.185. The van der Waals surface area contributed by atoms with Crippen molar-refractivity contribution >= 4 is 29.0 Å². The van der Waals surface area contributed by atoms with Gasteiger partial charge in [0.25, 0.3) is 5.91 Å². The molecule has 0 saturated heterocycles. The van der Waals surface area contributed by atoms with E-state index in [0.717, 1.165) is 17.7 Å². The normalized spacial score (nSPS) is 14.8. The van der Waals surface area contributed by atoms with E-state index in [1.54, 1.807) is 35.6 Å². The zero-order valence-electron chi connectivity index (χ0n) is 14.4. The van der Waals surface area contributed by atoms with E-state index in [1.807, 2.05) is 17.5 Å². The Balaban J connectivity index is 1.63. The van der Waals surface area contributed by atoms with Gasteiger partial charge in [-0.3, -0.25) is 4.79 Å². The highest BCUT2D eigenvalue weighted by Crippen LogP contribution is 2.26. The van der Waals surface area contributed by atoms with E-state index in [1.165, 1.54) is 0 Å². The highest BCUT2D eigenvalue weighted by Gasteiger charge is 2.24. The van der Waals surface area contributed by atoms with Crippen LogP contribution in [0.3, 0.4) is 0 Å². The number of hydrogen-bond acceptors (Lipinski definition) is 3. The predicted molar refractivity (Wildman–Crippen MR) is 101 cm³/mol. The lowest BCUT2D eigenvalue weighted by atomic mass is 10.0. The van der Waals surface area contributed by atoms with Gasteiger partial charge in [-0.15, -0.1) is 11.3 Å². The number of nitrogens with one attached hydrogen (secondary N) is 3. The zero-order chi connectivity index (χ0) is 17.8. The van der Waals surface area contributed by atoms with E-state index in [9.17, 15) is 9.59 Å². The van der Waals surface area contributed by atoms with Gasteiger partial charge in [-0.25, -0.2) is 4.79 Å². The fraction of sp³-hybridized carbons (Fsp3) is 0.368. The molecule has 1 fully saturated rings. The molecule has 3 amide bonds. The standard InChI is InChI=1S/C19H23N3O2S/c1-12(2)17(16-7-4-10-25-16)22-19(24)21-15-6-3-5-13(11-15)18(23)20-14-8-9-14/h3-7,10-12,14,17H,8-9H2,1-2H3,(H,20,23)(H2,21,22,24)/t17-/m1/s1. The summed E-state index contributed by atoms with van der Waals surface area (Å²) >= 11 is 1.63. The van der Waals surface area contributed by atoms with E-state index < -0.39 is 0 Å². The molecule has 1 atom stereocenters. The Morgan fingerprint density at radius 1 is 1.16 bits per heavy atom. The first-order valence-corrected chi connectivity index (χ1v) is 9.42. The Hall–Kier alpha value is -2.34. The van der Waals surface area contributed by atoms with Gasteiger partial charge in [-0.1, -0.05) is 26.0 Å². The summed E-state index contributed by atoms with van der Waals surface area (Å²) in [5, 5.41) is 10.8. The van der Waals surface area contributed by atoms with Crippen LogP contribution in [0.25, 0.3) is 0 Å². The van der Waals surface area contributed by atoms with Gasteiger partial charge in [-0.05, 0) is 48.4 Å². The van der Waals surface area contributed by atoms with Crippen molar-refractivity contribution in [3.05, 3.63) is 52.2 Å². The summed E-state index contributed by atoms with van der Waals surface area (Å²) in [6, 6.07) is 11.0. The minimum Gasteiger partial charge on any atom is -0.349 e. The molecular weight excluding hydrogens is 334 g/mol. The van der Waals surface area contributed by atoms with Crippen molar-refractivity contribution in [2.45, 2.75) is 38.8 Å². The Morgan fingerprint density at radius 3 is 2.60 bits per heavy atom. The van der Waals surface area contributed by atoms with E-state index in [4.69, 9.17) is 0 Å². The van der Waals surface area contributed by atoms with E-state index in [2.05, 4.69) is 29.8 Å². The van der Waals surface area contributed by atoms with Crippen molar-refractivity contribution in [2.24, 2.45) is 5.92 Å². The number of thiophene rings is 1. The van der Waals surface area contributed by atoms with Gasteiger partial charge in [0.05, 0.1) is 6.04 Å². The van der Waals surface area contributed by atoms with Gasteiger partial charge in [0.15, 0.2) is 0 Å². The van der Waals surface area contributed by atoms with Crippen molar-refractivity contribution < 1.29 is 9.59 Å². The largest absolute Gasteiger partial charge is 0.349 e. The third kappa shape index (κ3) is 4.82. The number of amides is 3. The highest BCUT2D eigenvalue weighted by molar-refractivity contribution is 7.10. The molecule has 1 aromatic heterocycles. The number of carbonyl (C=O) groups excluding carboxylic acids is 2. The van der Waals surface area contributed by atoms with Crippen LogP contribution < -0.4 is 16.0 Å². The van der Waals surface area contributed by atoms with Crippen LogP contribution in [0.15, 0.2) is 41.8 Å². The van der Waals surface area contributed by atoms with E-state index >= 15 is 0 Å². The maximum absolute atomic E-state index is 12.4. The van der Waals surface area contributed by atoms with Crippen molar-refractivity contribution in [3.63, 3.8) is 0 Å². The first-order chi connectivity index (χ1) is 12.0. The quantitative estimate of drug-likeness (QED) is 0.726. The molecule has 0 bridgehead atoms. The molecule has 6 heteroatoms. The summed E-state index contributed by atoms with van der Waals surface area (Å²) in [5.41, 5.74) is 1.16. The maximum atomic E-state index is 12.4. The van der Waals surface area contributed by atoms with Crippen LogP contribution >= 0.6 is 11.3 Å². The number of carbonyl (C=O) groups is 2. The predicted octanol–water partition coefficient (Wildman–Crippen LogP) is 4.16. The van der Waals surface area contributed by atoms with Crippen molar-refractivity contribution in [1.29, 1.82) is 0 Å². The van der Waals surface area contributed by atoms with Gasteiger partial charge in [0.2, 0.25) is 0 Å². The van der Waals surface area contributed by atoms with Gasteiger partial charge < -0.3 is 16.0 Å². The van der Waals surface area contributed by atoms with Crippen LogP contribution in [0.2, 0.25) is 0 Å². The fourth-order valence-electron chi connectivity index (χ4n) is 2.58. The first-order valence-electron chi connectivity index (χ1n) is 8.55. The van der Waals surface area contributed by atoms with Gasteiger partial charge >= 0.3 is 6.03 Å². The Kier molecular flexibility index (Phi) is 5.38. The molecule has 0 radical (unpaired) electrons. The SMILES string of the molecule is CC(C)[C@@H](NC(=O)Nc1cccc(C(=O)NC2CC2)c1)c1cccs1. The summed E-state index contributed by atoms with van der Waals surface area (Å²) in [6.07, 6.45) is 2.09. The van der Waals surface area contributed by atoms with Crippen molar-refractivity contribution in [1.82, 2.24) is 10.6 Å². The highest BCUT2D eigenvalue weighted by atomic mass is 32.1. The molecule has 1 heterocycles. The van der Waals surface area contributed by atoms with Crippen molar-refractivity contribution in [3.8, 4) is 0 Å². The molecule has 3 rings (SSSR count). The molecular formula is C19H23N3O2S. The Labute approximate surface area is 151 Å². The molecule has 1 saturated carbocycles. The molecule has 5 nitrogen and oxygen atoms in total. The second kappa shape index (κ2) is 7.70. The summed E-state index contributed by atoms with van der Waals surface area (Å²) in [4.78, 5) is 25.6. The number of rotatable bonds is 6. The van der Waals surface area contributed by atoms with Crippen LogP contribution in [0.4, 0.5) is 10.5 Å². The Morgan fingerprint density at radius 2 is 1.96 bits per heavy atom. The first kappa shape index (κ1) is 17.5. The fourth-order valence-corrected chi connectivity index (χ4v) is 3.53. The molecule has 2 aromatic rings. The molecule has 3 N–H and O–H groups in total. The van der Waals surface area contributed by atoms with Crippen LogP contribution in [0, 0.1) is 5.92 Å². The van der Waals surface area contributed by atoms with Gasteiger partial charge in [0.1, 0.15) is 0 Å². The molecule has 1 aliphatic carbocycles. The van der Waals surface area contributed by atoms with Crippen molar-refractivity contribution in [2.75, 3.05) is 5.32 Å². The van der Waals surface area contributed by atoms with Crippen LogP contribution in [-0.4, -0.2) is 18.0 Å². The van der Waals surface area contributed by atoms with E-state index in [-0.39, 0.29) is 23.9 Å². The summed E-state index contributed by atoms with van der Waals surface area (Å²) < 4.78 is 0. The maximum Gasteiger partial charge on any atom is 0.319 e. The van der Waals surface area contributed by atoms with Gasteiger partial charge in [0, 0.05) is 22.2 Å². The third-order valence-corrected chi connectivity index (χ3v) is 5.05. The molecule has 1 aliphatic rings. The third-order valence-electron chi connectivity index (χ3n) is 4.10. The topological polar surface area (TPSA) is 70.2 Å². The van der Waals surface area contributed by atoms with Gasteiger partial charge in [-0.2, -0.15) is 0 Å². The lowest BCUT2D eigenvalue weighted by Crippen LogP contribution is -2.34. The smallest absolute Gasteiger partial charge is 0.319 e. The van der Waals surface area contributed by atoms with Crippen LogP contribution in [-0.2, 0) is 0 Å². The summed E-state index contributed by atoms with van der Waals surface area (Å²) in [7, 11) is 0. The lowest BCUT2D eigenvalue weighted by Gasteiger charge is -2.21.